The van der Waals surface area contributed by atoms with Crippen LogP contribution >= 0.6 is 0 Å². The average molecular weight is 370 g/mol. The van der Waals surface area contributed by atoms with E-state index in [-0.39, 0.29) is 37.5 Å². The van der Waals surface area contributed by atoms with Gasteiger partial charge < -0.3 is 16.0 Å². The van der Waals surface area contributed by atoms with E-state index in [1.54, 1.807) is 23.1 Å². The summed E-state index contributed by atoms with van der Waals surface area (Å²) in [6, 6.07) is 15.7. The zero-order chi connectivity index (χ0) is 19.6. The summed E-state index contributed by atoms with van der Waals surface area (Å²) in [6.07, 6.45) is 0.216. The van der Waals surface area contributed by atoms with Crippen LogP contribution in [0.4, 0.5) is 11.4 Å². The number of nitro benzene ring substituents is 1. The summed E-state index contributed by atoms with van der Waals surface area (Å²) < 4.78 is 0. The Labute approximate surface area is 157 Å². The van der Waals surface area contributed by atoms with Gasteiger partial charge in [0.1, 0.15) is 5.69 Å². The van der Waals surface area contributed by atoms with Gasteiger partial charge >= 0.3 is 0 Å². The number of benzene rings is 2. The lowest BCUT2D eigenvalue weighted by Crippen LogP contribution is -2.34. The third kappa shape index (κ3) is 6.43. The van der Waals surface area contributed by atoms with Crippen molar-refractivity contribution >= 4 is 23.2 Å². The summed E-state index contributed by atoms with van der Waals surface area (Å²) in [6.45, 7) is 0.846. The van der Waals surface area contributed by atoms with Crippen LogP contribution in [0.25, 0.3) is 0 Å². The lowest BCUT2D eigenvalue weighted by molar-refractivity contribution is -0.384. The summed E-state index contributed by atoms with van der Waals surface area (Å²) in [5, 5.41) is 14.0. The quantitative estimate of drug-likeness (QED) is 0.491. The van der Waals surface area contributed by atoms with Crippen LogP contribution < -0.4 is 11.1 Å². The topological polar surface area (TPSA) is 119 Å². The first kappa shape index (κ1) is 19.9. The molecule has 0 saturated heterocycles. The van der Waals surface area contributed by atoms with E-state index < -0.39 is 10.8 Å². The molecular formula is C19H22N4O4. The molecule has 0 bridgehead atoms. The molecule has 3 N–H and O–H groups in total. The average Bonchev–Trinajstić information content (AvgIpc) is 2.66. The van der Waals surface area contributed by atoms with Gasteiger partial charge in [0.15, 0.2) is 0 Å². The molecule has 2 aromatic rings. The number of nitrogens with two attached hydrogens (primary N) is 1. The van der Waals surface area contributed by atoms with E-state index in [1.165, 1.54) is 6.07 Å². The Bertz CT molecular complexity index is 795. The first-order valence-electron chi connectivity index (χ1n) is 8.54. The van der Waals surface area contributed by atoms with Crippen LogP contribution in [0.5, 0.6) is 0 Å². The number of para-hydroxylation sites is 2. The van der Waals surface area contributed by atoms with Crippen molar-refractivity contribution in [2.75, 3.05) is 18.4 Å². The highest BCUT2D eigenvalue weighted by Gasteiger charge is 2.16. The van der Waals surface area contributed by atoms with E-state index >= 15 is 0 Å². The molecule has 8 nitrogen and oxygen atoms in total. The number of nitrogens with one attached hydrogen (secondary N) is 1. The Morgan fingerprint density at radius 1 is 1.04 bits per heavy atom. The number of amides is 2. The maximum Gasteiger partial charge on any atom is 0.292 e. The number of carbonyl (C=O) groups excluding carboxylic acids is 2. The summed E-state index contributed by atoms with van der Waals surface area (Å²) in [5.74, 6) is -0.634. The maximum atomic E-state index is 12.6. The van der Waals surface area contributed by atoms with Crippen molar-refractivity contribution in [3.8, 4) is 0 Å². The van der Waals surface area contributed by atoms with Gasteiger partial charge in [-0.15, -0.1) is 0 Å². The molecule has 2 amide bonds. The minimum absolute atomic E-state index is 0.0418. The SMILES string of the molecule is NC(=O)CCN(Cc1ccccc1)C(=O)CCNc1ccccc1[N+](=O)[O-]. The number of nitrogens with zero attached hydrogens (tertiary/aromatic N) is 2. The van der Waals surface area contributed by atoms with Crippen molar-refractivity contribution in [3.05, 3.63) is 70.3 Å². The van der Waals surface area contributed by atoms with Crippen LogP contribution in [0.2, 0.25) is 0 Å². The minimum atomic E-state index is -0.473. The highest BCUT2D eigenvalue weighted by Crippen LogP contribution is 2.23. The van der Waals surface area contributed by atoms with Crippen LogP contribution in [0.1, 0.15) is 18.4 Å². The van der Waals surface area contributed by atoms with Gasteiger partial charge in [-0.05, 0) is 11.6 Å². The van der Waals surface area contributed by atoms with Gasteiger partial charge in [0, 0.05) is 38.5 Å². The fourth-order valence-electron chi connectivity index (χ4n) is 2.59. The summed E-state index contributed by atoms with van der Waals surface area (Å²) in [4.78, 5) is 35.8. The zero-order valence-electron chi connectivity index (χ0n) is 14.8. The number of hydrogen-bond donors (Lipinski definition) is 2. The molecule has 27 heavy (non-hydrogen) atoms. The molecule has 0 heterocycles. The highest BCUT2D eigenvalue weighted by molar-refractivity contribution is 5.78. The van der Waals surface area contributed by atoms with E-state index in [0.717, 1.165) is 5.56 Å². The molecule has 0 aliphatic rings. The van der Waals surface area contributed by atoms with Gasteiger partial charge in [-0.3, -0.25) is 19.7 Å². The van der Waals surface area contributed by atoms with Crippen molar-refractivity contribution in [1.82, 2.24) is 4.90 Å². The second-order valence-corrected chi connectivity index (χ2v) is 5.97. The van der Waals surface area contributed by atoms with Crippen molar-refractivity contribution in [3.63, 3.8) is 0 Å². The first-order chi connectivity index (χ1) is 13.0. The number of nitro groups is 1. The predicted molar refractivity (Wildman–Crippen MR) is 102 cm³/mol. The lowest BCUT2D eigenvalue weighted by atomic mass is 10.2. The second-order valence-electron chi connectivity index (χ2n) is 5.97. The Balaban J connectivity index is 1.96. The number of hydrogen-bond acceptors (Lipinski definition) is 5. The Hall–Kier alpha value is -3.42. The van der Waals surface area contributed by atoms with Gasteiger partial charge in [-0.2, -0.15) is 0 Å². The molecule has 0 atom stereocenters. The van der Waals surface area contributed by atoms with Gasteiger partial charge in [-0.1, -0.05) is 42.5 Å². The van der Waals surface area contributed by atoms with E-state index in [4.69, 9.17) is 5.73 Å². The zero-order valence-corrected chi connectivity index (χ0v) is 14.8. The number of rotatable bonds is 10. The van der Waals surface area contributed by atoms with Crippen LogP contribution in [0.3, 0.4) is 0 Å². The summed E-state index contributed by atoms with van der Waals surface area (Å²) >= 11 is 0. The molecule has 0 spiro atoms. The molecular weight excluding hydrogens is 348 g/mol. The molecule has 0 aromatic heterocycles. The van der Waals surface area contributed by atoms with E-state index in [0.29, 0.717) is 12.2 Å². The van der Waals surface area contributed by atoms with E-state index in [9.17, 15) is 19.7 Å². The molecule has 0 fully saturated rings. The molecule has 0 saturated carbocycles. The first-order valence-corrected chi connectivity index (χ1v) is 8.54. The second kappa shape index (κ2) is 9.91. The molecule has 142 valence electrons. The van der Waals surface area contributed by atoms with Gasteiger partial charge in [0.25, 0.3) is 5.69 Å². The molecule has 0 aliphatic heterocycles. The smallest absolute Gasteiger partial charge is 0.292 e. The summed E-state index contributed by atoms with van der Waals surface area (Å²) in [7, 11) is 0. The molecule has 0 aliphatic carbocycles. The van der Waals surface area contributed by atoms with Crippen LogP contribution in [-0.2, 0) is 16.1 Å². The Kier molecular flexibility index (Phi) is 7.30. The van der Waals surface area contributed by atoms with Crippen molar-refractivity contribution in [2.24, 2.45) is 5.73 Å². The minimum Gasteiger partial charge on any atom is -0.379 e. The van der Waals surface area contributed by atoms with Gasteiger partial charge in [0.05, 0.1) is 4.92 Å². The number of primary amides is 1. The normalized spacial score (nSPS) is 10.2. The van der Waals surface area contributed by atoms with Crippen molar-refractivity contribution < 1.29 is 14.5 Å². The number of carbonyl (C=O) groups is 2. The lowest BCUT2D eigenvalue weighted by Gasteiger charge is -2.22. The molecule has 0 radical (unpaired) electrons. The Morgan fingerprint density at radius 2 is 1.70 bits per heavy atom. The highest BCUT2D eigenvalue weighted by atomic mass is 16.6. The summed E-state index contributed by atoms with van der Waals surface area (Å²) in [5.41, 5.74) is 6.47. The maximum absolute atomic E-state index is 12.6. The fraction of sp³-hybridized carbons (Fsp3) is 0.263. The molecule has 0 unspecified atom stereocenters. The molecule has 2 rings (SSSR count). The van der Waals surface area contributed by atoms with E-state index in [1.807, 2.05) is 30.3 Å². The van der Waals surface area contributed by atoms with E-state index in [2.05, 4.69) is 5.32 Å². The van der Waals surface area contributed by atoms with Gasteiger partial charge in [0.2, 0.25) is 11.8 Å². The third-order valence-corrected chi connectivity index (χ3v) is 3.95. The van der Waals surface area contributed by atoms with Crippen LogP contribution in [0.15, 0.2) is 54.6 Å². The predicted octanol–water partition coefficient (Wildman–Crippen LogP) is 2.30. The Morgan fingerprint density at radius 3 is 2.37 bits per heavy atom. The standard InChI is InChI=1S/C19H22N4O4/c20-18(24)11-13-22(14-15-6-2-1-3-7-15)19(25)10-12-21-16-8-4-5-9-17(16)23(26)27/h1-9,21H,10-14H2,(H2,20,24). The van der Waals surface area contributed by atoms with Crippen LogP contribution in [0, 0.1) is 10.1 Å². The molecule has 2 aromatic carbocycles. The fourth-order valence-corrected chi connectivity index (χ4v) is 2.59. The third-order valence-electron chi connectivity index (χ3n) is 3.95. The van der Waals surface area contributed by atoms with Crippen molar-refractivity contribution in [2.45, 2.75) is 19.4 Å². The van der Waals surface area contributed by atoms with Crippen LogP contribution in [-0.4, -0.2) is 34.7 Å². The van der Waals surface area contributed by atoms with Crippen molar-refractivity contribution in [1.29, 1.82) is 0 Å². The number of anilines is 1. The van der Waals surface area contributed by atoms with Gasteiger partial charge in [-0.25, -0.2) is 0 Å². The molecule has 8 heteroatoms. The largest absolute Gasteiger partial charge is 0.379 e. The monoisotopic (exact) mass is 370 g/mol.